The van der Waals surface area contributed by atoms with Gasteiger partial charge in [0.15, 0.2) is 0 Å². The maximum Gasteiger partial charge on any atom is 0.246 e. The molecule has 1 fully saturated rings. The molecule has 18 heavy (non-hydrogen) atoms. The first-order chi connectivity index (χ1) is 8.35. The molecule has 1 saturated heterocycles. The molecule has 0 radical (unpaired) electrons. The molecule has 0 bridgehead atoms. The summed E-state index contributed by atoms with van der Waals surface area (Å²) in [5.41, 5.74) is 0.0405. The summed E-state index contributed by atoms with van der Waals surface area (Å²) in [5, 5.41) is 2.76. The van der Waals surface area contributed by atoms with Crippen molar-refractivity contribution in [2.24, 2.45) is 5.41 Å². The van der Waals surface area contributed by atoms with Gasteiger partial charge in [-0.3, -0.25) is 0 Å². The van der Waals surface area contributed by atoms with Crippen molar-refractivity contribution in [1.29, 1.82) is 0 Å². The maximum absolute atomic E-state index is 12.3. The summed E-state index contributed by atoms with van der Waals surface area (Å²) in [5.74, 6) is 0.413. The topological polar surface area (TPSA) is 75.2 Å². The van der Waals surface area contributed by atoms with Crippen molar-refractivity contribution < 1.29 is 8.42 Å². The SMILES string of the molecule is CNc1ncc(S(=O)(=O)N2CCC(C)(C)C2)cn1. The molecule has 0 unspecified atom stereocenters. The van der Waals surface area contributed by atoms with E-state index in [0.717, 1.165) is 6.42 Å². The number of hydrogen-bond acceptors (Lipinski definition) is 5. The van der Waals surface area contributed by atoms with Gasteiger partial charge in [-0.25, -0.2) is 18.4 Å². The Bertz CT molecular complexity index is 524. The van der Waals surface area contributed by atoms with Crippen LogP contribution in [0, 0.1) is 5.41 Å². The lowest BCUT2D eigenvalue weighted by Gasteiger charge is -2.19. The molecule has 2 heterocycles. The Hall–Kier alpha value is -1.21. The smallest absolute Gasteiger partial charge is 0.246 e. The first-order valence-corrected chi connectivity index (χ1v) is 7.29. The molecule has 0 spiro atoms. The van der Waals surface area contributed by atoms with E-state index in [4.69, 9.17) is 0 Å². The quantitative estimate of drug-likeness (QED) is 0.884. The Morgan fingerprint density at radius 1 is 1.33 bits per heavy atom. The van der Waals surface area contributed by atoms with E-state index >= 15 is 0 Å². The molecule has 1 aliphatic heterocycles. The summed E-state index contributed by atoms with van der Waals surface area (Å²) in [6.45, 7) is 5.25. The molecule has 0 aliphatic carbocycles. The van der Waals surface area contributed by atoms with Crippen LogP contribution < -0.4 is 5.32 Å². The third-order valence-electron chi connectivity index (χ3n) is 3.13. The van der Waals surface area contributed by atoms with Gasteiger partial charge in [0.25, 0.3) is 0 Å². The van der Waals surface area contributed by atoms with Crippen LogP contribution in [0.4, 0.5) is 5.95 Å². The predicted molar refractivity (Wildman–Crippen MR) is 68.7 cm³/mol. The van der Waals surface area contributed by atoms with Gasteiger partial charge in [-0.05, 0) is 11.8 Å². The van der Waals surface area contributed by atoms with Crippen molar-refractivity contribution in [3.63, 3.8) is 0 Å². The molecule has 0 amide bonds. The molecule has 2 rings (SSSR count). The molecule has 1 N–H and O–H groups in total. The van der Waals surface area contributed by atoms with E-state index in [1.807, 2.05) is 0 Å². The number of hydrogen-bond donors (Lipinski definition) is 1. The van der Waals surface area contributed by atoms with Gasteiger partial charge in [0.1, 0.15) is 4.90 Å². The van der Waals surface area contributed by atoms with Crippen LogP contribution in [0.5, 0.6) is 0 Å². The molecule has 0 aromatic carbocycles. The Morgan fingerprint density at radius 2 is 1.94 bits per heavy atom. The van der Waals surface area contributed by atoms with E-state index in [0.29, 0.717) is 19.0 Å². The number of rotatable bonds is 3. The number of anilines is 1. The summed E-state index contributed by atoms with van der Waals surface area (Å²) >= 11 is 0. The lowest BCUT2D eigenvalue weighted by atomic mass is 9.93. The molecule has 6 nitrogen and oxygen atoms in total. The Balaban J connectivity index is 2.25. The molecule has 1 aliphatic rings. The monoisotopic (exact) mass is 270 g/mol. The number of nitrogens with zero attached hydrogens (tertiary/aromatic N) is 3. The largest absolute Gasteiger partial charge is 0.357 e. The van der Waals surface area contributed by atoms with Crippen molar-refractivity contribution in [2.45, 2.75) is 25.2 Å². The second kappa shape index (κ2) is 4.47. The van der Waals surface area contributed by atoms with Crippen LogP contribution in [0.2, 0.25) is 0 Å². The average molecular weight is 270 g/mol. The van der Waals surface area contributed by atoms with E-state index in [2.05, 4.69) is 29.1 Å². The van der Waals surface area contributed by atoms with Gasteiger partial charge in [-0.2, -0.15) is 4.31 Å². The van der Waals surface area contributed by atoms with Gasteiger partial charge in [0.05, 0.1) is 12.4 Å². The third kappa shape index (κ3) is 2.46. The molecule has 100 valence electrons. The summed E-state index contributed by atoms with van der Waals surface area (Å²) < 4.78 is 26.2. The van der Waals surface area contributed by atoms with Crippen LogP contribution in [0.1, 0.15) is 20.3 Å². The number of nitrogens with one attached hydrogen (secondary N) is 1. The van der Waals surface area contributed by atoms with Gasteiger partial charge >= 0.3 is 0 Å². The lowest BCUT2D eigenvalue weighted by Crippen LogP contribution is -2.30. The summed E-state index contributed by atoms with van der Waals surface area (Å²) in [6.07, 6.45) is 3.57. The van der Waals surface area contributed by atoms with Crippen molar-refractivity contribution in [2.75, 3.05) is 25.5 Å². The van der Waals surface area contributed by atoms with Crippen molar-refractivity contribution in [3.05, 3.63) is 12.4 Å². The summed E-state index contributed by atoms with van der Waals surface area (Å²) in [6, 6.07) is 0. The highest BCUT2D eigenvalue weighted by molar-refractivity contribution is 7.89. The fraction of sp³-hybridized carbons (Fsp3) is 0.636. The minimum Gasteiger partial charge on any atom is -0.357 e. The van der Waals surface area contributed by atoms with Gasteiger partial charge in [-0.1, -0.05) is 13.8 Å². The molecule has 1 aromatic rings. The Kier molecular flexibility index (Phi) is 3.29. The van der Waals surface area contributed by atoms with E-state index in [1.165, 1.54) is 16.7 Å². The summed E-state index contributed by atoms with van der Waals surface area (Å²) in [4.78, 5) is 8.04. The van der Waals surface area contributed by atoms with E-state index in [9.17, 15) is 8.42 Å². The second-order valence-electron chi connectivity index (χ2n) is 5.25. The van der Waals surface area contributed by atoms with Gasteiger partial charge < -0.3 is 5.32 Å². The van der Waals surface area contributed by atoms with Crippen molar-refractivity contribution in [3.8, 4) is 0 Å². The molecule has 1 aromatic heterocycles. The second-order valence-corrected chi connectivity index (χ2v) is 7.18. The zero-order valence-corrected chi connectivity index (χ0v) is 11.7. The highest BCUT2D eigenvalue weighted by Crippen LogP contribution is 2.32. The van der Waals surface area contributed by atoms with Crippen molar-refractivity contribution in [1.82, 2.24) is 14.3 Å². The van der Waals surface area contributed by atoms with E-state index in [-0.39, 0.29) is 10.3 Å². The predicted octanol–water partition coefficient (Wildman–Crippen LogP) is 0.939. The standard InChI is InChI=1S/C11H18N4O2S/c1-11(2)4-5-15(8-11)18(16,17)9-6-13-10(12-3)14-7-9/h6-7H,4-5,8H2,1-3H3,(H,12,13,14). The first kappa shape index (κ1) is 13.2. The van der Waals surface area contributed by atoms with Crippen LogP contribution in [0.3, 0.4) is 0 Å². The molecule has 0 saturated carbocycles. The molecular formula is C11H18N4O2S. The average Bonchev–Trinajstić information content (AvgIpc) is 2.70. The summed E-state index contributed by atoms with van der Waals surface area (Å²) in [7, 11) is -1.77. The molecule has 7 heteroatoms. The fourth-order valence-corrected chi connectivity index (χ4v) is 3.52. The normalized spacial score (nSPS) is 19.9. The Morgan fingerprint density at radius 3 is 2.39 bits per heavy atom. The molecule has 0 atom stereocenters. The Labute approximate surface area is 107 Å². The van der Waals surface area contributed by atoms with E-state index in [1.54, 1.807) is 7.05 Å². The van der Waals surface area contributed by atoms with Gasteiger partial charge in [0, 0.05) is 20.1 Å². The maximum atomic E-state index is 12.3. The highest BCUT2D eigenvalue weighted by Gasteiger charge is 2.37. The fourth-order valence-electron chi connectivity index (χ4n) is 2.00. The van der Waals surface area contributed by atoms with Gasteiger partial charge in [0.2, 0.25) is 16.0 Å². The number of aromatic nitrogens is 2. The lowest BCUT2D eigenvalue weighted by molar-refractivity contribution is 0.375. The molecular weight excluding hydrogens is 252 g/mol. The van der Waals surface area contributed by atoms with Gasteiger partial charge in [-0.15, -0.1) is 0 Å². The zero-order chi connectivity index (χ0) is 13.4. The zero-order valence-electron chi connectivity index (χ0n) is 10.8. The van der Waals surface area contributed by atoms with Crippen LogP contribution in [0.25, 0.3) is 0 Å². The minimum atomic E-state index is -3.45. The van der Waals surface area contributed by atoms with Crippen LogP contribution in [-0.2, 0) is 10.0 Å². The minimum absolute atomic E-state index is 0.0405. The first-order valence-electron chi connectivity index (χ1n) is 5.85. The number of sulfonamides is 1. The van der Waals surface area contributed by atoms with Crippen LogP contribution >= 0.6 is 0 Å². The van der Waals surface area contributed by atoms with Crippen LogP contribution in [-0.4, -0.2) is 42.8 Å². The van der Waals surface area contributed by atoms with Crippen LogP contribution in [0.15, 0.2) is 17.3 Å². The van der Waals surface area contributed by atoms with Crippen molar-refractivity contribution >= 4 is 16.0 Å². The van der Waals surface area contributed by atoms with E-state index < -0.39 is 10.0 Å². The third-order valence-corrected chi connectivity index (χ3v) is 4.93. The highest BCUT2D eigenvalue weighted by atomic mass is 32.2.